The van der Waals surface area contributed by atoms with Crippen LogP contribution in [0.1, 0.15) is 36.0 Å². The van der Waals surface area contributed by atoms with Gasteiger partial charge in [0.15, 0.2) is 0 Å². The smallest absolute Gasteiger partial charge is 0.253 e. The van der Waals surface area contributed by atoms with Crippen LogP contribution in [0.15, 0.2) is 24.3 Å². The van der Waals surface area contributed by atoms with E-state index in [9.17, 15) is 4.79 Å². The van der Waals surface area contributed by atoms with Gasteiger partial charge in [0.05, 0.1) is 6.10 Å². The molecule has 2 aliphatic heterocycles. The van der Waals surface area contributed by atoms with Crippen molar-refractivity contribution in [1.29, 1.82) is 0 Å². The van der Waals surface area contributed by atoms with Crippen molar-refractivity contribution in [3.8, 4) is 0 Å². The summed E-state index contributed by atoms with van der Waals surface area (Å²) in [5, 5.41) is 3.67. The number of benzene rings is 1. The van der Waals surface area contributed by atoms with E-state index >= 15 is 0 Å². The fourth-order valence-electron chi connectivity index (χ4n) is 3.52. The van der Waals surface area contributed by atoms with Gasteiger partial charge in [0.1, 0.15) is 0 Å². The number of hydrogen-bond acceptors (Lipinski definition) is 4. The van der Waals surface area contributed by atoms with Crippen LogP contribution in [0.4, 0.5) is 5.69 Å². The van der Waals surface area contributed by atoms with E-state index in [4.69, 9.17) is 4.74 Å². The molecule has 1 aromatic rings. The maximum absolute atomic E-state index is 11.9. The standard InChI is InChI=1S/C19H29N3O2/c1-21(2)19(23)15-5-7-17(8-6-15)22-11-9-16(10-12-22)20-14-18-4-3-13-24-18/h5-8,16,18,20H,3-4,9-14H2,1-2H3/t18-/m1/s1. The highest BCUT2D eigenvalue weighted by Gasteiger charge is 2.22. The van der Waals surface area contributed by atoms with Crippen molar-refractivity contribution < 1.29 is 9.53 Å². The van der Waals surface area contributed by atoms with Crippen molar-refractivity contribution in [3.05, 3.63) is 29.8 Å². The van der Waals surface area contributed by atoms with E-state index in [-0.39, 0.29) is 5.91 Å². The van der Waals surface area contributed by atoms with E-state index in [1.54, 1.807) is 19.0 Å². The second kappa shape index (κ2) is 7.99. The van der Waals surface area contributed by atoms with Crippen LogP contribution in [0.3, 0.4) is 0 Å². The third kappa shape index (κ3) is 4.28. The van der Waals surface area contributed by atoms with Gasteiger partial charge in [0.25, 0.3) is 5.91 Å². The zero-order valence-electron chi connectivity index (χ0n) is 14.8. The molecule has 1 atom stereocenters. The summed E-state index contributed by atoms with van der Waals surface area (Å²) < 4.78 is 5.68. The van der Waals surface area contributed by atoms with Gasteiger partial charge in [0.2, 0.25) is 0 Å². The van der Waals surface area contributed by atoms with Crippen LogP contribution in [0.5, 0.6) is 0 Å². The van der Waals surface area contributed by atoms with E-state index in [1.807, 2.05) is 12.1 Å². The van der Waals surface area contributed by atoms with Gasteiger partial charge in [-0.2, -0.15) is 0 Å². The fraction of sp³-hybridized carbons (Fsp3) is 0.632. The van der Waals surface area contributed by atoms with Crippen molar-refractivity contribution in [2.75, 3.05) is 45.2 Å². The highest BCUT2D eigenvalue weighted by Crippen LogP contribution is 2.21. The first-order valence-corrected chi connectivity index (χ1v) is 9.05. The molecule has 1 amide bonds. The summed E-state index contributed by atoms with van der Waals surface area (Å²) in [6, 6.07) is 8.59. The Morgan fingerprint density at radius 2 is 1.92 bits per heavy atom. The molecule has 5 nitrogen and oxygen atoms in total. The minimum absolute atomic E-state index is 0.0542. The minimum Gasteiger partial charge on any atom is -0.377 e. The highest BCUT2D eigenvalue weighted by molar-refractivity contribution is 5.94. The van der Waals surface area contributed by atoms with Crippen LogP contribution in [0.2, 0.25) is 0 Å². The normalized spacial score (nSPS) is 21.9. The minimum atomic E-state index is 0.0542. The first-order chi connectivity index (χ1) is 11.6. The van der Waals surface area contributed by atoms with Crippen molar-refractivity contribution in [2.45, 2.75) is 37.8 Å². The van der Waals surface area contributed by atoms with Crippen LogP contribution in [-0.2, 0) is 4.74 Å². The monoisotopic (exact) mass is 331 g/mol. The van der Waals surface area contributed by atoms with Crippen LogP contribution in [0.25, 0.3) is 0 Å². The third-order valence-electron chi connectivity index (χ3n) is 5.04. The summed E-state index contributed by atoms with van der Waals surface area (Å²) in [6.07, 6.45) is 5.14. The molecule has 24 heavy (non-hydrogen) atoms. The third-order valence-corrected chi connectivity index (χ3v) is 5.04. The Balaban J connectivity index is 1.46. The number of anilines is 1. The highest BCUT2D eigenvalue weighted by atomic mass is 16.5. The number of carbonyl (C=O) groups is 1. The summed E-state index contributed by atoms with van der Waals surface area (Å²) in [5.41, 5.74) is 1.96. The lowest BCUT2D eigenvalue weighted by Crippen LogP contribution is -2.44. The molecule has 2 saturated heterocycles. The molecular formula is C19H29N3O2. The Kier molecular flexibility index (Phi) is 5.74. The zero-order valence-corrected chi connectivity index (χ0v) is 14.8. The average molecular weight is 331 g/mol. The van der Waals surface area contributed by atoms with Gasteiger partial charge in [-0.05, 0) is 49.9 Å². The van der Waals surface area contributed by atoms with Gasteiger partial charge in [-0.25, -0.2) is 0 Å². The van der Waals surface area contributed by atoms with Crippen LogP contribution >= 0.6 is 0 Å². The SMILES string of the molecule is CN(C)C(=O)c1ccc(N2CCC(NC[C@H]3CCCO3)CC2)cc1. The van der Waals surface area contributed by atoms with Crippen LogP contribution < -0.4 is 10.2 Å². The maximum Gasteiger partial charge on any atom is 0.253 e. The molecule has 0 aliphatic carbocycles. The Bertz CT molecular complexity index is 530. The summed E-state index contributed by atoms with van der Waals surface area (Å²) >= 11 is 0. The lowest BCUT2D eigenvalue weighted by atomic mass is 10.0. The molecule has 1 N–H and O–H groups in total. The van der Waals surface area contributed by atoms with E-state index < -0.39 is 0 Å². The number of amides is 1. The van der Waals surface area contributed by atoms with Gasteiger partial charge in [-0.15, -0.1) is 0 Å². The number of nitrogens with one attached hydrogen (secondary N) is 1. The molecule has 0 spiro atoms. The summed E-state index contributed by atoms with van der Waals surface area (Å²) in [7, 11) is 3.56. The maximum atomic E-state index is 11.9. The number of nitrogens with zero attached hydrogens (tertiary/aromatic N) is 2. The lowest BCUT2D eigenvalue weighted by Gasteiger charge is -2.34. The van der Waals surface area contributed by atoms with Crippen molar-refractivity contribution >= 4 is 11.6 Å². The number of rotatable bonds is 5. The van der Waals surface area contributed by atoms with E-state index in [2.05, 4.69) is 22.3 Å². The zero-order chi connectivity index (χ0) is 16.9. The van der Waals surface area contributed by atoms with Gasteiger partial charge in [0, 0.05) is 57.6 Å². The van der Waals surface area contributed by atoms with E-state index in [0.717, 1.165) is 44.6 Å². The molecule has 2 aliphatic rings. The lowest BCUT2D eigenvalue weighted by molar-refractivity contribution is 0.0827. The molecule has 1 aromatic carbocycles. The van der Waals surface area contributed by atoms with Gasteiger partial charge >= 0.3 is 0 Å². The number of carbonyl (C=O) groups excluding carboxylic acids is 1. The quantitative estimate of drug-likeness (QED) is 0.898. The van der Waals surface area contributed by atoms with Gasteiger partial charge in [-0.1, -0.05) is 0 Å². The fourth-order valence-corrected chi connectivity index (χ4v) is 3.52. The Hall–Kier alpha value is -1.59. The molecule has 132 valence electrons. The molecule has 3 rings (SSSR count). The van der Waals surface area contributed by atoms with Crippen LogP contribution in [0, 0.1) is 0 Å². The first-order valence-electron chi connectivity index (χ1n) is 9.05. The summed E-state index contributed by atoms with van der Waals surface area (Å²) in [5.74, 6) is 0.0542. The molecule has 2 fully saturated rings. The average Bonchev–Trinajstić information content (AvgIpc) is 3.13. The molecule has 2 heterocycles. The molecular weight excluding hydrogens is 302 g/mol. The second-order valence-corrected chi connectivity index (χ2v) is 7.05. The van der Waals surface area contributed by atoms with E-state index in [0.29, 0.717) is 12.1 Å². The summed E-state index contributed by atoms with van der Waals surface area (Å²) in [6.45, 7) is 4.04. The first kappa shape index (κ1) is 17.2. The predicted molar refractivity (Wildman–Crippen MR) is 96.7 cm³/mol. The van der Waals surface area contributed by atoms with Crippen molar-refractivity contribution in [3.63, 3.8) is 0 Å². The second-order valence-electron chi connectivity index (χ2n) is 7.05. The van der Waals surface area contributed by atoms with Crippen LogP contribution in [-0.4, -0.2) is 63.3 Å². The Morgan fingerprint density at radius 1 is 1.21 bits per heavy atom. The van der Waals surface area contributed by atoms with Gasteiger partial charge in [-0.3, -0.25) is 4.79 Å². The number of hydrogen-bond donors (Lipinski definition) is 1. The topological polar surface area (TPSA) is 44.8 Å². The molecule has 0 saturated carbocycles. The Labute approximate surface area is 145 Å². The van der Waals surface area contributed by atoms with E-state index in [1.165, 1.54) is 18.5 Å². The number of piperidine rings is 1. The molecule has 0 radical (unpaired) electrons. The van der Waals surface area contributed by atoms with Crippen molar-refractivity contribution in [2.24, 2.45) is 0 Å². The Morgan fingerprint density at radius 3 is 2.50 bits per heavy atom. The van der Waals surface area contributed by atoms with Gasteiger partial charge < -0.3 is 19.9 Å². The largest absolute Gasteiger partial charge is 0.377 e. The number of ether oxygens (including phenoxy) is 1. The summed E-state index contributed by atoms with van der Waals surface area (Å²) in [4.78, 5) is 16.0. The molecule has 0 bridgehead atoms. The van der Waals surface area contributed by atoms with Crippen molar-refractivity contribution in [1.82, 2.24) is 10.2 Å². The molecule has 5 heteroatoms. The molecule has 0 aromatic heterocycles. The molecule has 0 unspecified atom stereocenters. The predicted octanol–water partition coefficient (Wildman–Crippen LogP) is 2.13.